The minimum absolute atomic E-state index is 0.197. The topological polar surface area (TPSA) is 48.4 Å². The number of thioether (sulfide) groups is 1. The first-order chi connectivity index (χ1) is 8.19. The predicted octanol–water partition coefficient (Wildman–Crippen LogP) is 2.79. The molecule has 94 valence electrons. The summed E-state index contributed by atoms with van der Waals surface area (Å²) in [7, 11) is 1.52. The molecular weight excluding hydrogens is 262 g/mol. The maximum absolute atomic E-state index is 11.1. The van der Waals surface area contributed by atoms with E-state index < -0.39 is 0 Å². The highest BCUT2D eigenvalue weighted by atomic mass is 35.5. The van der Waals surface area contributed by atoms with E-state index in [1.165, 1.54) is 18.9 Å². The summed E-state index contributed by atoms with van der Waals surface area (Å²) < 4.78 is 9.84. The van der Waals surface area contributed by atoms with E-state index in [-0.39, 0.29) is 5.97 Å². The molecule has 0 atom stereocenters. The highest BCUT2D eigenvalue weighted by Gasteiger charge is 2.09. The molecule has 0 aromatic carbocycles. The Hall–Kier alpha value is -0.940. The highest BCUT2D eigenvalue weighted by molar-refractivity contribution is 7.99. The summed E-state index contributed by atoms with van der Waals surface area (Å²) in [5.41, 5.74) is 0. The van der Waals surface area contributed by atoms with Crippen molar-refractivity contribution in [2.45, 2.75) is 18.2 Å². The Morgan fingerprint density at radius 2 is 2.35 bits per heavy atom. The lowest BCUT2D eigenvalue weighted by molar-refractivity contribution is -0.142. The molecule has 4 nitrogen and oxygen atoms in total. The summed E-state index contributed by atoms with van der Waals surface area (Å²) in [6, 6.07) is 1.79. The number of halogens is 1. The quantitative estimate of drug-likeness (QED) is 0.590. The molecule has 0 aliphatic carbocycles. The third kappa shape index (κ3) is 4.44. The molecule has 1 heterocycles. The van der Waals surface area contributed by atoms with E-state index in [1.807, 2.05) is 0 Å². The minimum Gasteiger partial charge on any atom is -0.480 e. The van der Waals surface area contributed by atoms with Gasteiger partial charge in [0.2, 0.25) is 5.88 Å². The van der Waals surface area contributed by atoms with Crippen LogP contribution in [0, 0.1) is 0 Å². The van der Waals surface area contributed by atoms with Crippen LogP contribution in [0.15, 0.2) is 17.2 Å². The molecule has 0 saturated carbocycles. The standard InChI is InChI=1S/C11H14ClNO3S/c1-3-16-9(14)5-7-17-8-4-6-13-11(15-2)10(8)12/h4,6H,3,5,7H2,1-2H3. The first kappa shape index (κ1) is 14.1. The van der Waals surface area contributed by atoms with Crippen LogP contribution >= 0.6 is 23.4 Å². The molecule has 1 aromatic rings. The Labute approximate surface area is 110 Å². The largest absolute Gasteiger partial charge is 0.480 e. The molecule has 0 amide bonds. The van der Waals surface area contributed by atoms with Crippen molar-refractivity contribution in [1.29, 1.82) is 0 Å². The van der Waals surface area contributed by atoms with Crippen LogP contribution in [0.1, 0.15) is 13.3 Å². The van der Waals surface area contributed by atoms with Crippen molar-refractivity contribution in [1.82, 2.24) is 4.98 Å². The van der Waals surface area contributed by atoms with Crippen LogP contribution in [-0.4, -0.2) is 30.4 Å². The maximum atomic E-state index is 11.1. The fourth-order valence-electron chi connectivity index (χ4n) is 1.14. The highest BCUT2D eigenvalue weighted by Crippen LogP contribution is 2.32. The van der Waals surface area contributed by atoms with Gasteiger partial charge in [-0.05, 0) is 13.0 Å². The van der Waals surface area contributed by atoms with Gasteiger partial charge in [-0.15, -0.1) is 11.8 Å². The summed E-state index contributed by atoms with van der Waals surface area (Å²) in [4.78, 5) is 16.0. The van der Waals surface area contributed by atoms with E-state index in [1.54, 1.807) is 19.2 Å². The molecule has 0 saturated heterocycles. The average Bonchev–Trinajstić information content (AvgIpc) is 2.32. The van der Waals surface area contributed by atoms with Gasteiger partial charge in [-0.1, -0.05) is 11.6 Å². The van der Waals surface area contributed by atoms with Gasteiger partial charge >= 0.3 is 5.97 Å². The zero-order chi connectivity index (χ0) is 12.7. The smallest absolute Gasteiger partial charge is 0.306 e. The number of nitrogens with zero attached hydrogens (tertiary/aromatic N) is 1. The number of esters is 1. The molecule has 1 aromatic heterocycles. The number of rotatable bonds is 6. The first-order valence-electron chi connectivity index (χ1n) is 5.16. The average molecular weight is 276 g/mol. The second-order valence-electron chi connectivity index (χ2n) is 3.04. The van der Waals surface area contributed by atoms with Crippen molar-refractivity contribution in [3.8, 4) is 5.88 Å². The molecule has 0 fully saturated rings. The van der Waals surface area contributed by atoms with Gasteiger partial charge in [-0.2, -0.15) is 0 Å². The van der Waals surface area contributed by atoms with Gasteiger partial charge in [-0.3, -0.25) is 4.79 Å². The molecule has 0 bridgehead atoms. The van der Waals surface area contributed by atoms with E-state index in [0.29, 0.717) is 29.7 Å². The van der Waals surface area contributed by atoms with Crippen LogP contribution in [0.4, 0.5) is 0 Å². The van der Waals surface area contributed by atoms with E-state index in [2.05, 4.69) is 4.98 Å². The number of hydrogen-bond donors (Lipinski definition) is 0. The van der Waals surface area contributed by atoms with E-state index >= 15 is 0 Å². The molecule has 0 spiro atoms. The number of pyridine rings is 1. The fourth-order valence-corrected chi connectivity index (χ4v) is 2.35. The number of aromatic nitrogens is 1. The van der Waals surface area contributed by atoms with Crippen molar-refractivity contribution in [3.63, 3.8) is 0 Å². The molecule has 0 aliphatic rings. The minimum atomic E-state index is -0.197. The number of ether oxygens (including phenoxy) is 2. The Balaban J connectivity index is 2.49. The van der Waals surface area contributed by atoms with Crippen molar-refractivity contribution in [2.75, 3.05) is 19.5 Å². The van der Waals surface area contributed by atoms with Gasteiger partial charge in [0.1, 0.15) is 5.02 Å². The third-order valence-corrected chi connectivity index (χ3v) is 3.42. The third-order valence-electron chi connectivity index (χ3n) is 1.88. The maximum Gasteiger partial charge on any atom is 0.306 e. The number of hydrogen-bond acceptors (Lipinski definition) is 5. The van der Waals surface area contributed by atoms with Crippen LogP contribution in [0.2, 0.25) is 5.02 Å². The van der Waals surface area contributed by atoms with Crippen molar-refractivity contribution in [2.24, 2.45) is 0 Å². The lowest BCUT2D eigenvalue weighted by atomic mass is 10.5. The second kappa shape index (κ2) is 7.40. The van der Waals surface area contributed by atoms with Crippen LogP contribution in [0.3, 0.4) is 0 Å². The number of methoxy groups -OCH3 is 1. The Kier molecular flexibility index (Phi) is 6.15. The molecule has 17 heavy (non-hydrogen) atoms. The summed E-state index contributed by atoms with van der Waals surface area (Å²) in [5, 5.41) is 0.476. The van der Waals surface area contributed by atoms with Crippen LogP contribution in [0.25, 0.3) is 0 Å². The van der Waals surface area contributed by atoms with E-state index in [4.69, 9.17) is 21.1 Å². The summed E-state index contributed by atoms with van der Waals surface area (Å²) in [6.45, 7) is 2.20. The molecule has 0 unspecified atom stereocenters. The van der Waals surface area contributed by atoms with Crippen molar-refractivity contribution in [3.05, 3.63) is 17.3 Å². The Morgan fingerprint density at radius 3 is 3.00 bits per heavy atom. The van der Waals surface area contributed by atoms with Crippen LogP contribution in [-0.2, 0) is 9.53 Å². The van der Waals surface area contributed by atoms with Crippen LogP contribution in [0.5, 0.6) is 5.88 Å². The normalized spacial score (nSPS) is 10.1. The van der Waals surface area contributed by atoms with Crippen molar-refractivity contribution >= 4 is 29.3 Å². The van der Waals surface area contributed by atoms with Gasteiger partial charge in [0.15, 0.2) is 0 Å². The zero-order valence-electron chi connectivity index (χ0n) is 9.73. The van der Waals surface area contributed by atoms with Gasteiger partial charge in [0.05, 0.1) is 20.1 Å². The monoisotopic (exact) mass is 275 g/mol. The fraction of sp³-hybridized carbons (Fsp3) is 0.455. The Bertz CT molecular complexity index is 387. The number of carbonyl (C=O) groups is 1. The summed E-state index contributed by atoms with van der Waals surface area (Å²) in [5.74, 6) is 0.816. The SMILES string of the molecule is CCOC(=O)CCSc1ccnc(OC)c1Cl. The molecule has 0 aliphatic heterocycles. The zero-order valence-corrected chi connectivity index (χ0v) is 11.3. The summed E-state index contributed by atoms with van der Waals surface area (Å²) in [6.07, 6.45) is 1.98. The van der Waals surface area contributed by atoms with Crippen molar-refractivity contribution < 1.29 is 14.3 Å². The van der Waals surface area contributed by atoms with Gasteiger partial charge in [0, 0.05) is 16.8 Å². The van der Waals surface area contributed by atoms with E-state index in [9.17, 15) is 4.79 Å². The van der Waals surface area contributed by atoms with Gasteiger partial charge in [-0.25, -0.2) is 4.98 Å². The lowest BCUT2D eigenvalue weighted by Gasteiger charge is -2.06. The second-order valence-corrected chi connectivity index (χ2v) is 4.55. The van der Waals surface area contributed by atoms with Gasteiger partial charge in [0.25, 0.3) is 0 Å². The van der Waals surface area contributed by atoms with E-state index in [0.717, 1.165) is 4.90 Å². The molecule has 0 radical (unpaired) electrons. The Morgan fingerprint density at radius 1 is 1.59 bits per heavy atom. The molecule has 6 heteroatoms. The summed E-state index contributed by atoms with van der Waals surface area (Å²) >= 11 is 7.54. The first-order valence-corrected chi connectivity index (χ1v) is 6.52. The predicted molar refractivity (Wildman–Crippen MR) is 67.8 cm³/mol. The molecule has 1 rings (SSSR count). The lowest BCUT2D eigenvalue weighted by Crippen LogP contribution is -2.04. The molecular formula is C11H14ClNO3S. The van der Waals surface area contributed by atoms with Gasteiger partial charge < -0.3 is 9.47 Å². The number of carbonyl (C=O) groups excluding carboxylic acids is 1. The van der Waals surface area contributed by atoms with Crippen LogP contribution < -0.4 is 4.74 Å². The molecule has 0 N–H and O–H groups in total.